The third kappa shape index (κ3) is 5.04. The number of alkyl carbamates (subject to hydrolysis) is 1. The number of amides is 2. The smallest absolute Gasteiger partial charge is 0.407 e. The van der Waals surface area contributed by atoms with E-state index in [1.807, 2.05) is 43.3 Å². The molecule has 35 heavy (non-hydrogen) atoms. The third-order valence-corrected chi connectivity index (χ3v) is 6.32. The molecule has 1 aliphatic carbocycles. The zero-order valence-electron chi connectivity index (χ0n) is 19.7. The summed E-state index contributed by atoms with van der Waals surface area (Å²) in [7, 11) is 1.56. The molecule has 0 unspecified atom stereocenters. The van der Waals surface area contributed by atoms with Gasteiger partial charge in [-0.3, -0.25) is 4.79 Å². The van der Waals surface area contributed by atoms with Crippen LogP contribution in [0.3, 0.4) is 0 Å². The number of carboxylic acids is 1. The van der Waals surface area contributed by atoms with Gasteiger partial charge in [-0.2, -0.15) is 0 Å². The monoisotopic (exact) mass is 472 g/mol. The number of ether oxygens (including phenoxy) is 1. The molecule has 0 fully saturated rings. The Bertz CT molecular complexity index is 1210. The Morgan fingerprint density at radius 2 is 1.60 bits per heavy atom. The van der Waals surface area contributed by atoms with Gasteiger partial charge in [0, 0.05) is 18.7 Å². The molecular formula is C28H28N2O5. The van der Waals surface area contributed by atoms with Crippen LogP contribution in [0.1, 0.15) is 47.2 Å². The molecule has 7 heteroatoms. The first-order valence-electron chi connectivity index (χ1n) is 11.6. The lowest BCUT2D eigenvalue weighted by Crippen LogP contribution is -2.47. The summed E-state index contributed by atoms with van der Waals surface area (Å²) in [5.41, 5.74) is 5.02. The number of anilines is 1. The van der Waals surface area contributed by atoms with Gasteiger partial charge in [0.15, 0.2) is 0 Å². The van der Waals surface area contributed by atoms with Crippen molar-refractivity contribution in [2.45, 2.75) is 31.7 Å². The molecule has 3 aromatic rings. The Labute approximate surface area is 204 Å². The minimum absolute atomic E-state index is 0.0742. The molecule has 0 heterocycles. The second kappa shape index (κ2) is 10.4. The predicted molar refractivity (Wildman–Crippen MR) is 134 cm³/mol. The fourth-order valence-electron chi connectivity index (χ4n) is 4.54. The second-order valence-electron chi connectivity index (χ2n) is 8.56. The number of aromatic carboxylic acids is 1. The number of rotatable bonds is 8. The fourth-order valence-corrected chi connectivity index (χ4v) is 4.54. The number of benzene rings is 3. The highest BCUT2D eigenvalue weighted by molar-refractivity contribution is 5.99. The van der Waals surface area contributed by atoms with Crippen LogP contribution in [-0.4, -0.2) is 42.8 Å². The van der Waals surface area contributed by atoms with Crippen molar-refractivity contribution in [3.05, 3.63) is 89.5 Å². The first kappa shape index (κ1) is 24.0. The van der Waals surface area contributed by atoms with Gasteiger partial charge in [-0.25, -0.2) is 9.59 Å². The molecule has 0 aromatic heterocycles. The van der Waals surface area contributed by atoms with Crippen molar-refractivity contribution in [3.8, 4) is 11.1 Å². The van der Waals surface area contributed by atoms with Crippen molar-refractivity contribution in [3.63, 3.8) is 0 Å². The van der Waals surface area contributed by atoms with Crippen LogP contribution in [0, 0.1) is 0 Å². The van der Waals surface area contributed by atoms with E-state index in [2.05, 4.69) is 17.4 Å². The summed E-state index contributed by atoms with van der Waals surface area (Å²) in [6, 6.07) is 21.5. The summed E-state index contributed by atoms with van der Waals surface area (Å²) in [6.07, 6.45) is 0.432. The van der Waals surface area contributed by atoms with Crippen LogP contribution in [-0.2, 0) is 9.53 Å². The van der Waals surface area contributed by atoms with Gasteiger partial charge >= 0.3 is 12.1 Å². The molecule has 0 radical (unpaired) electrons. The van der Waals surface area contributed by atoms with Gasteiger partial charge in [-0.15, -0.1) is 0 Å². The Morgan fingerprint density at radius 1 is 0.971 bits per heavy atom. The lowest BCUT2D eigenvalue weighted by Gasteiger charge is -2.25. The van der Waals surface area contributed by atoms with Gasteiger partial charge in [0.2, 0.25) is 5.91 Å². The Morgan fingerprint density at radius 3 is 2.20 bits per heavy atom. The minimum Gasteiger partial charge on any atom is -0.478 e. The van der Waals surface area contributed by atoms with E-state index in [4.69, 9.17) is 4.74 Å². The Balaban J connectivity index is 1.44. The van der Waals surface area contributed by atoms with Crippen LogP contribution in [0.5, 0.6) is 0 Å². The van der Waals surface area contributed by atoms with E-state index >= 15 is 0 Å². The summed E-state index contributed by atoms with van der Waals surface area (Å²) in [4.78, 5) is 38.5. The van der Waals surface area contributed by atoms with Crippen LogP contribution in [0.4, 0.5) is 10.5 Å². The maximum Gasteiger partial charge on any atom is 0.407 e. The number of carbonyl (C=O) groups is 3. The zero-order valence-corrected chi connectivity index (χ0v) is 19.7. The highest BCUT2D eigenvalue weighted by Crippen LogP contribution is 2.44. The molecule has 2 amide bonds. The maximum absolute atomic E-state index is 13.1. The number of nitrogens with zero attached hydrogens (tertiary/aromatic N) is 1. The molecule has 180 valence electrons. The molecule has 0 spiro atoms. The maximum atomic E-state index is 13.1. The molecule has 0 saturated carbocycles. The van der Waals surface area contributed by atoms with Gasteiger partial charge in [0.05, 0.1) is 5.56 Å². The molecule has 2 N–H and O–H groups in total. The summed E-state index contributed by atoms with van der Waals surface area (Å²) in [5, 5.41) is 11.9. The number of carboxylic acid groups (broad SMARTS) is 1. The van der Waals surface area contributed by atoms with E-state index in [0.29, 0.717) is 18.5 Å². The average molecular weight is 473 g/mol. The van der Waals surface area contributed by atoms with E-state index in [9.17, 15) is 19.5 Å². The largest absolute Gasteiger partial charge is 0.478 e. The third-order valence-electron chi connectivity index (χ3n) is 6.32. The van der Waals surface area contributed by atoms with Crippen molar-refractivity contribution in [1.29, 1.82) is 0 Å². The van der Waals surface area contributed by atoms with Gasteiger partial charge in [0.25, 0.3) is 0 Å². The van der Waals surface area contributed by atoms with Crippen LogP contribution >= 0.6 is 0 Å². The highest BCUT2D eigenvalue weighted by atomic mass is 16.5. The predicted octanol–water partition coefficient (Wildman–Crippen LogP) is 5.06. The summed E-state index contributed by atoms with van der Waals surface area (Å²) in [5.74, 6) is -1.49. The number of carbonyl (C=O) groups excluding carboxylic acids is 2. The second-order valence-corrected chi connectivity index (χ2v) is 8.56. The molecule has 0 aliphatic heterocycles. The minimum atomic E-state index is -1.07. The Kier molecular flexibility index (Phi) is 7.15. The van der Waals surface area contributed by atoms with Crippen molar-refractivity contribution < 1.29 is 24.2 Å². The molecule has 3 aromatic carbocycles. The van der Waals surface area contributed by atoms with Crippen molar-refractivity contribution in [1.82, 2.24) is 5.32 Å². The summed E-state index contributed by atoms with van der Waals surface area (Å²) >= 11 is 0. The Hall–Kier alpha value is -4.13. The average Bonchev–Trinajstić information content (AvgIpc) is 3.20. The van der Waals surface area contributed by atoms with E-state index in [1.54, 1.807) is 19.2 Å². The van der Waals surface area contributed by atoms with Gasteiger partial charge in [-0.1, -0.05) is 67.9 Å². The summed E-state index contributed by atoms with van der Waals surface area (Å²) < 4.78 is 5.60. The first-order chi connectivity index (χ1) is 16.9. The number of hydrogen-bond acceptors (Lipinski definition) is 4. The molecule has 1 aliphatic rings. The van der Waals surface area contributed by atoms with Crippen LogP contribution in [0.25, 0.3) is 11.1 Å². The standard InChI is InChI=1S/C28H28N2O5/c1-3-9-25(26(31)30(2)19-11-8-10-18(16-19)27(32)33)29-28(34)35-17-24-22-14-6-4-12-20(22)21-13-5-7-15-23(21)24/h4-8,10-16,24-25H,3,9,17H2,1-2H3,(H,29,34)(H,32,33)/t25-/m0/s1. The topological polar surface area (TPSA) is 95.9 Å². The molecular weight excluding hydrogens is 444 g/mol. The number of nitrogens with one attached hydrogen (secondary N) is 1. The van der Waals surface area contributed by atoms with Crippen molar-refractivity contribution >= 4 is 23.7 Å². The lowest BCUT2D eigenvalue weighted by molar-refractivity contribution is -0.120. The number of fused-ring (bicyclic) bond motifs is 3. The quantitative estimate of drug-likeness (QED) is 0.478. The van der Waals surface area contributed by atoms with E-state index < -0.39 is 18.1 Å². The van der Waals surface area contributed by atoms with Gasteiger partial charge in [-0.05, 0) is 46.9 Å². The van der Waals surface area contributed by atoms with E-state index in [-0.39, 0.29) is 24.0 Å². The number of hydrogen-bond donors (Lipinski definition) is 2. The molecule has 7 nitrogen and oxygen atoms in total. The van der Waals surface area contributed by atoms with Crippen LogP contribution in [0.2, 0.25) is 0 Å². The molecule has 4 rings (SSSR count). The van der Waals surface area contributed by atoms with Gasteiger partial charge < -0.3 is 20.1 Å². The zero-order chi connectivity index (χ0) is 24.9. The van der Waals surface area contributed by atoms with Crippen LogP contribution < -0.4 is 10.2 Å². The van der Waals surface area contributed by atoms with Crippen molar-refractivity contribution in [2.75, 3.05) is 18.6 Å². The van der Waals surface area contributed by atoms with Crippen LogP contribution in [0.15, 0.2) is 72.8 Å². The highest BCUT2D eigenvalue weighted by Gasteiger charge is 2.30. The lowest BCUT2D eigenvalue weighted by atomic mass is 9.98. The first-order valence-corrected chi connectivity index (χ1v) is 11.6. The molecule has 1 atom stereocenters. The van der Waals surface area contributed by atoms with E-state index in [0.717, 1.165) is 22.3 Å². The SMILES string of the molecule is CCC[C@H](NC(=O)OCC1c2ccccc2-c2ccccc21)C(=O)N(C)c1cccc(C(=O)O)c1. The normalized spacial score (nSPS) is 12.9. The number of likely N-dealkylation sites (N-methyl/N-ethyl adjacent to an activating group) is 1. The molecule has 0 saturated heterocycles. The van der Waals surface area contributed by atoms with E-state index in [1.165, 1.54) is 17.0 Å². The summed E-state index contributed by atoms with van der Waals surface area (Å²) in [6.45, 7) is 2.08. The molecule has 0 bridgehead atoms. The van der Waals surface area contributed by atoms with Gasteiger partial charge in [0.1, 0.15) is 12.6 Å². The fraction of sp³-hybridized carbons (Fsp3) is 0.250. The van der Waals surface area contributed by atoms with Crippen molar-refractivity contribution in [2.24, 2.45) is 0 Å².